The third kappa shape index (κ3) is 3.17. The molecular weight excluding hydrogens is 361 g/mol. The first-order chi connectivity index (χ1) is 11.0. The maximum absolute atomic E-state index is 12.4. The summed E-state index contributed by atoms with van der Waals surface area (Å²) in [7, 11) is 0. The molecule has 0 aliphatic carbocycles. The van der Waals surface area contributed by atoms with Crippen molar-refractivity contribution in [1.82, 2.24) is 10.2 Å². The number of carbonyl (C=O) groups is 1. The summed E-state index contributed by atoms with van der Waals surface area (Å²) < 4.78 is 0. The Kier molecular flexibility index (Phi) is 4.26. The number of nitrogens with zero attached hydrogens (tertiary/aromatic N) is 1. The molecule has 0 aliphatic heterocycles. The number of H-pyrrole nitrogens is 1. The highest BCUT2D eigenvalue weighted by Crippen LogP contribution is 2.23. The van der Waals surface area contributed by atoms with Crippen LogP contribution in [0.5, 0.6) is 0 Å². The topological polar surface area (TPSA) is 74.8 Å². The van der Waals surface area contributed by atoms with Crippen LogP contribution < -0.4 is 10.7 Å². The van der Waals surface area contributed by atoms with Crippen LogP contribution >= 0.6 is 34.8 Å². The summed E-state index contributed by atoms with van der Waals surface area (Å²) in [6.45, 7) is 0. The minimum atomic E-state index is -0.689. The third-order valence-electron chi connectivity index (χ3n) is 3.08. The first-order valence-corrected chi connectivity index (χ1v) is 7.53. The van der Waals surface area contributed by atoms with Crippen molar-refractivity contribution < 1.29 is 4.79 Å². The van der Waals surface area contributed by atoms with Gasteiger partial charge in [-0.25, -0.2) is 0 Å². The van der Waals surface area contributed by atoms with Gasteiger partial charge in [-0.05, 0) is 30.3 Å². The van der Waals surface area contributed by atoms with Gasteiger partial charge in [0.2, 0.25) is 5.43 Å². The highest BCUT2D eigenvalue weighted by molar-refractivity contribution is 6.36. The molecule has 2 N–H and O–H groups in total. The number of fused-ring (bicyclic) bond motifs is 1. The van der Waals surface area contributed by atoms with Gasteiger partial charge >= 0.3 is 0 Å². The van der Waals surface area contributed by atoms with Crippen LogP contribution in [0.1, 0.15) is 10.5 Å². The summed E-state index contributed by atoms with van der Waals surface area (Å²) in [6.07, 6.45) is 0. The Bertz CT molecular complexity index is 965. The number of carbonyl (C=O) groups excluding carboxylic acids is 1. The summed E-state index contributed by atoms with van der Waals surface area (Å²) >= 11 is 17.8. The quantitative estimate of drug-likeness (QED) is 0.714. The second kappa shape index (κ2) is 6.20. The van der Waals surface area contributed by atoms with Crippen LogP contribution in [0.2, 0.25) is 15.1 Å². The van der Waals surface area contributed by atoms with E-state index in [0.717, 1.165) is 0 Å². The normalized spacial score (nSPS) is 10.7. The fourth-order valence-electron chi connectivity index (χ4n) is 2.10. The fourth-order valence-corrected chi connectivity index (χ4v) is 2.89. The van der Waals surface area contributed by atoms with Crippen LogP contribution in [0.15, 0.2) is 41.2 Å². The molecule has 0 saturated carbocycles. The molecule has 0 atom stereocenters. The largest absolute Gasteiger partial charge is 0.320 e. The molecule has 8 heteroatoms. The Morgan fingerprint density at radius 1 is 1.09 bits per heavy atom. The average molecular weight is 369 g/mol. The molecule has 116 valence electrons. The number of amides is 1. The average Bonchev–Trinajstić information content (AvgIpc) is 2.46. The zero-order valence-corrected chi connectivity index (χ0v) is 13.6. The van der Waals surface area contributed by atoms with E-state index in [9.17, 15) is 9.59 Å². The lowest BCUT2D eigenvalue weighted by Crippen LogP contribution is -2.24. The van der Waals surface area contributed by atoms with E-state index in [4.69, 9.17) is 34.8 Å². The van der Waals surface area contributed by atoms with E-state index < -0.39 is 11.3 Å². The summed E-state index contributed by atoms with van der Waals surface area (Å²) in [4.78, 5) is 24.7. The molecule has 0 unspecified atom stereocenters. The van der Waals surface area contributed by atoms with Crippen molar-refractivity contribution in [2.75, 3.05) is 5.32 Å². The smallest absolute Gasteiger partial charge is 0.280 e. The SMILES string of the molecule is O=C(Nc1cc(Cl)cc(Cl)c1)c1n[nH]c2cccc(Cl)c2c1=O. The number of hydrogen-bond acceptors (Lipinski definition) is 3. The van der Waals surface area contributed by atoms with Gasteiger partial charge in [0.05, 0.1) is 15.9 Å². The number of halogens is 3. The van der Waals surface area contributed by atoms with Crippen LogP contribution in [0.3, 0.4) is 0 Å². The van der Waals surface area contributed by atoms with Gasteiger partial charge in [0.1, 0.15) is 0 Å². The van der Waals surface area contributed by atoms with Crippen molar-refractivity contribution in [3.8, 4) is 0 Å². The van der Waals surface area contributed by atoms with Crippen molar-refractivity contribution in [2.45, 2.75) is 0 Å². The molecule has 1 amide bonds. The molecule has 0 fully saturated rings. The molecule has 2 aromatic carbocycles. The maximum atomic E-state index is 12.4. The molecule has 0 spiro atoms. The third-order valence-corrected chi connectivity index (χ3v) is 3.83. The van der Waals surface area contributed by atoms with Crippen molar-refractivity contribution in [3.63, 3.8) is 0 Å². The summed E-state index contributed by atoms with van der Waals surface area (Å²) in [6, 6.07) is 9.43. The Morgan fingerprint density at radius 2 is 1.78 bits per heavy atom. The zero-order valence-electron chi connectivity index (χ0n) is 11.4. The standard InChI is InChI=1S/C15H8Cl3N3O2/c16-7-4-8(17)6-9(5-7)19-15(23)13-14(22)12-10(18)2-1-3-11(12)20-21-13/h1-6H,(H,19,23)(H,20,22). The predicted molar refractivity (Wildman–Crippen MR) is 91.8 cm³/mol. The van der Waals surface area contributed by atoms with Crippen LogP contribution in [0.25, 0.3) is 10.9 Å². The molecule has 0 aliphatic rings. The molecule has 0 radical (unpaired) electrons. The highest BCUT2D eigenvalue weighted by Gasteiger charge is 2.17. The van der Waals surface area contributed by atoms with Crippen molar-refractivity contribution in [2.24, 2.45) is 0 Å². The minimum Gasteiger partial charge on any atom is -0.320 e. The maximum Gasteiger partial charge on any atom is 0.280 e. The molecule has 0 bridgehead atoms. The van der Waals surface area contributed by atoms with E-state index >= 15 is 0 Å². The lowest BCUT2D eigenvalue weighted by Gasteiger charge is -2.06. The number of aromatic nitrogens is 2. The lowest BCUT2D eigenvalue weighted by atomic mass is 10.2. The van der Waals surface area contributed by atoms with Crippen LogP contribution in [-0.2, 0) is 0 Å². The number of nitrogens with one attached hydrogen (secondary N) is 2. The number of anilines is 1. The van der Waals surface area contributed by atoms with Gasteiger partial charge in [0, 0.05) is 15.7 Å². The summed E-state index contributed by atoms with van der Waals surface area (Å²) in [5.74, 6) is -0.689. The second-order valence-electron chi connectivity index (χ2n) is 4.68. The number of hydrogen-bond donors (Lipinski definition) is 2. The van der Waals surface area contributed by atoms with Gasteiger partial charge < -0.3 is 5.32 Å². The summed E-state index contributed by atoms with van der Waals surface area (Å²) in [5, 5.41) is 10.2. The number of rotatable bonds is 2. The Morgan fingerprint density at radius 3 is 2.48 bits per heavy atom. The van der Waals surface area contributed by atoms with Crippen molar-refractivity contribution in [1.29, 1.82) is 0 Å². The molecule has 3 rings (SSSR count). The van der Waals surface area contributed by atoms with Gasteiger partial charge in [-0.15, -0.1) is 0 Å². The van der Waals surface area contributed by atoms with E-state index in [2.05, 4.69) is 15.5 Å². The molecule has 23 heavy (non-hydrogen) atoms. The van der Waals surface area contributed by atoms with Gasteiger partial charge in [0.15, 0.2) is 5.69 Å². The van der Waals surface area contributed by atoms with E-state index in [1.807, 2.05) is 0 Å². The molecule has 3 aromatic rings. The first kappa shape index (κ1) is 15.8. The van der Waals surface area contributed by atoms with Gasteiger partial charge in [-0.2, -0.15) is 5.10 Å². The minimum absolute atomic E-state index is 0.207. The molecule has 5 nitrogen and oxygen atoms in total. The van der Waals surface area contributed by atoms with Crippen LogP contribution in [0.4, 0.5) is 5.69 Å². The fraction of sp³-hybridized carbons (Fsp3) is 0. The molecule has 0 saturated heterocycles. The van der Waals surface area contributed by atoms with E-state index in [1.165, 1.54) is 18.2 Å². The van der Waals surface area contributed by atoms with Crippen molar-refractivity contribution in [3.05, 3.63) is 67.4 Å². The van der Waals surface area contributed by atoms with Gasteiger partial charge in [-0.3, -0.25) is 14.7 Å². The summed E-state index contributed by atoms with van der Waals surface area (Å²) in [5.41, 5.74) is -0.0607. The Balaban J connectivity index is 2.03. The Labute approximate surface area is 145 Å². The van der Waals surface area contributed by atoms with Crippen LogP contribution in [0, 0.1) is 0 Å². The monoisotopic (exact) mass is 367 g/mol. The zero-order chi connectivity index (χ0) is 16.6. The molecular formula is C15H8Cl3N3O2. The highest BCUT2D eigenvalue weighted by atomic mass is 35.5. The number of benzene rings is 2. The van der Waals surface area contributed by atoms with E-state index in [1.54, 1.807) is 18.2 Å². The van der Waals surface area contributed by atoms with Gasteiger partial charge in [0.25, 0.3) is 5.91 Å². The van der Waals surface area contributed by atoms with Crippen molar-refractivity contribution >= 4 is 57.3 Å². The van der Waals surface area contributed by atoms with E-state index in [0.29, 0.717) is 21.2 Å². The van der Waals surface area contributed by atoms with Gasteiger partial charge in [-0.1, -0.05) is 40.9 Å². The number of aromatic amines is 1. The lowest BCUT2D eigenvalue weighted by molar-refractivity contribution is 0.102. The van der Waals surface area contributed by atoms with Crippen LogP contribution in [-0.4, -0.2) is 16.1 Å². The first-order valence-electron chi connectivity index (χ1n) is 6.40. The predicted octanol–water partition coefficient (Wildman–Crippen LogP) is 4.14. The molecule has 1 heterocycles. The Hall–Kier alpha value is -2.08. The molecule has 1 aromatic heterocycles. The van der Waals surface area contributed by atoms with E-state index in [-0.39, 0.29) is 16.1 Å². The second-order valence-corrected chi connectivity index (χ2v) is 5.96.